The number of aliphatic carboxylic acids is 4. The minimum atomic E-state index is -0.935. The van der Waals surface area contributed by atoms with Crippen LogP contribution in [0.3, 0.4) is 0 Å². The number of carboxylic acid groups (broad SMARTS) is 4. The number of carboxylic acids is 4. The zero-order chi connectivity index (χ0) is 40.1. The Morgan fingerprint density at radius 3 is 0.811 bits per heavy atom. The third-order valence-corrected chi connectivity index (χ3v) is 8.02. The van der Waals surface area contributed by atoms with E-state index in [1.807, 2.05) is 0 Å². The first-order valence-corrected chi connectivity index (χ1v) is 20.3. The SMILES string of the molecule is C=C(C)C(=O)O.C=C(C)C(=O)O.CCCCCCCC/C=C\CCCCCCCC(=O)[O-].CCCCCCCC/C=C\CCCCCCCC(=O)[O-].[Mg+2]. The molecule has 0 aromatic carbocycles. The number of allylic oxidation sites excluding steroid dienone is 4. The van der Waals surface area contributed by atoms with Gasteiger partial charge in [-0.05, 0) is 90.9 Å². The minimum absolute atomic E-state index is 0. The Balaban J connectivity index is -0.000000218. The number of unbranched alkanes of at least 4 members (excludes halogenated alkanes) is 22. The molecule has 0 saturated heterocycles. The topological polar surface area (TPSA) is 155 Å². The van der Waals surface area contributed by atoms with Crippen molar-refractivity contribution in [2.24, 2.45) is 0 Å². The van der Waals surface area contributed by atoms with E-state index in [0.717, 1.165) is 38.5 Å². The quantitative estimate of drug-likeness (QED) is 0.0297. The summed E-state index contributed by atoms with van der Waals surface area (Å²) in [5.74, 6) is -3.70. The molecule has 0 aliphatic heterocycles. The first kappa shape index (κ1) is 59.9. The number of carbonyl (C=O) groups is 4. The van der Waals surface area contributed by atoms with Crippen molar-refractivity contribution in [2.45, 2.75) is 207 Å². The fourth-order valence-corrected chi connectivity index (χ4v) is 4.68. The van der Waals surface area contributed by atoms with Gasteiger partial charge >= 0.3 is 35.0 Å². The monoisotopic (exact) mass is 759 g/mol. The van der Waals surface area contributed by atoms with Crippen LogP contribution < -0.4 is 10.2 Å². The Morgan fingerprint density at radius 1 is 0.434 bits per heavy atom. The van der Waals surface area contributed by atoms with E-state index >= 15 is 0 Å². The van der Waals surface area contributed by atoms with Gasteiger partial charge in [0.05, 0.1) is 0 Å². The molecule has 0 aromatic rings. The molecule has 0 aliphatic carbocycles. The predicted octanol–water partition coefficient (Wildman–Crippen LogP) is 10.5. The van der Waals surface area contributed by atoms with Crippen molar-refractivity contribution in [2.75, 3.05) is 0 Å². The predicted molar refractivity (Wildman–Crippen MR) is 220 cm³/mol. The Labute approximate surface area is 341 Å². The molecule has 8 nitrogen and oxygen atoms in total. The summed E-state index contributed by atoms with van der Waals surface area (Å²) >= 11 is 0. The normalized spacial score (nSPS) is 10.2. The maximum Gasteiger partial charge on any atom is 2.00 e. The molecule has 0 radical (unpaired) electrons. The first-order valence-electron chi connectivity index (χ1n) is 20.3. The van der Waals surface area contributed by atoms with Gasteiger partial charge in [-0.15, -0.1) is 0 Å². The van der Waals surface area contributed by atoms with Gasteiger partial charge < -0.3 is 30.0 Å². The van der Waals surface area contributed by atoms with Crippen LogP contribution in [0.5, 0.6) is 0 Å². The molecule has 0 heterocycles. The van der Waals surface area contributed by atoms with Crippen LogP contribution in [-0.4, -0.2) is 57.1 Å². The van der Waals surface area contributed by atoms with Gasteiger partial charge in [0.2, 0.25) is 0 Å². The van der Waals surface area contributed by atoms with Gasteiger partial charge in [0.15, 0.2) is 0 Å². The van der Waals surface area contributed by atoms with Crippen molar-refractivity contribution >= 4 is 46.9 Å². The minimum Gasteiger partial charge on any atom is -0.550 e. The number of rotatable bonds is 32. The molecule has 0 aromatic heterocycles. The molecule has 53 heavy (non-hydrogen) atoms. The third-order valence-electron chi connectivity index (χ3n) is 8.02. The first-order chi connectivity index (χ1) is 24.8. The Morgan fingerprint density at radius 2 is 0.623 bits per heavy atom. The van der Waals surface area contributed by atoms with Crippen LogP contribution >= 0.6 is 0 Å². The van der Waals surface area contributed by atoms with E-state index in [2.05, 4.69) is 51.3 Å². The summed E-state index contributed by atoms with van der Waals surface area (Å²) in [5, 5.41) is 36.2. The summed E-state index contributed by atoms with van der Waals surface area (Å²) in [7, 11) is 0. The number of carbonyl (C=O) groups excluding carboxylic acids is 2. The zero-order valence-electron chi connectivity index (χ0n) is 34.6. The Hall–Kier alpha value is -2.39. The molecule has 0 spiro atoms. The van der Waals surface area contributed by atoms with Gasteiger partial charge in [-0.1, -0.05) is 154 Å². The Bertz CT molecular complexity index is 828. The second-order valence-corrected chi connectivity index (χ2v) is 13.6. The van der Waals surface area contributed by atoms with Crippen LogP contribution in [0.25, 0.3) is 0 Å². The molecule has 9 heteroatoms. The van der Waals surface area contributed by atoms with Crippen molar-refractivity contribution in [3.63, 3.8) is 0 Å². The molecule has 0 atom stereocenters. The summed E-state index contributed by atoms with van der Waals surface area (Å²) < 4.78 is 0. The molecule has 0 saturated carbocycles. The molecule has 0 bridgehead atoms. The van der Waals surface area contributed by atoms with Crippen molar-refractivity contribution in [3.05, 3.63) is 48.6 Å². The maximum atomic E-state index is 10.2. The summed E-state index contributed by atoms with van der Waals surface area (Å²) in [6, 6.07) is 0. The summed E-state index contributed by atoms with van der Waals surface area (Å²) in [6.07, 6.45) is 41.8. The molecule has 0 aliphatic rings. The molecule has 0 amide bonds. The smallest absolute Gasteiger partial charge is 0.550 e. The average molecular weight is 759 g/mol. The van der Waals surface area contributed by atoms with E-state index in [9.17, 15) is 29.4 Å². The van der Waals surface area contributed by atoms with E-state index in [-0.39, 0.29) is 47.0 Å². The van der Waals surface area contributed by atoms with Crippen LogP contribution in [0.4, 0.5) is 0 Å². The van der Waals surface area contributed by atoms with Crippen molar-refractivity contribution in [1.82, 2.24) is 0 Å². The van der Waals surface area contributed by atoms with E-state index < -0.39 is 23.9 Å². The molecule has 304 valence electrons. The van der Waals surface area contributed by atoms with E-state index in [0.29, 0.717) is 0 Å². The average Bonchev–Trinajstić information content (AvgIpc) is 3.08. The second-order valence-electron chi connectivity index (χ2n) is 13.6. The molecular weight excluding hydrogens is 681 g/mol. The van der Waals surface area contributed by atoms with E-state index in [1.54, 1.807) is 0 Å². The molecule has 0 rings (SSSR count). The van der Waals surface area contributed by atoms with Gasteiger partial charge in [0, 0.05) is 23.1 Å². The van der Waals surface area contributed by atoms with Gasteiger partial charge in [0.25, 0.3) is 0 Å². The third kappa shape index (κ3) is 71.7. The van der Waals surface area contributed by atoms with Gasteiger partial charge in [-0.25, -0.2) is 9.59 Å². The number of hydrogen-bond acceptors (Lipinski definition) is 6. The standard InChI is InChI=1S/2C18H34O2.2C4H6O2.Mg/c2*1-2-3-4-5-6-7-8-9-10-11-12-13-14-15-16-17-18(19)20;2*1-3(2)4(5)6;/h2*9-10H,2-8,11-17H2,1H3,(H,19,20);2*1H2,2H3,(H,5,6);/q;;;;+2/p-2/b2*10-9-;;;. The summed E-state index contributed by atoms with van der Waals surface area (Å²) in [4.78, 5) is 39.6. The van der Waals surface area contributed by atoms with Crippen molar-refractivity contribution in [1.29, 1.82) is 0 Å². The van der Waals surface area contributed by atoms with Crippen LogP contribution in [-0.2, 0) is 19.2 Å². The van der Waals surface area contributed by atoms with Crippen LogP contribution in [0.1, 0.15) is 207 Å². The summed E-state index contributed by atoms with van der Waals surface area (Å²) in [6.45, 7) is 13.7. The van der Waals surface area contributed by atoms with Crippen LogP contribution in [0.2, 0.25) is 0 Å². The van der Waals surface area contributed by atoms with E-state index in [4.69, 9.17) is 10.2 Å². The molecular formula is C44H78MgO8. The molecule has 0 fully saturated rings. The van der Waals surface area contributed by atoms with Crippen molar-refractivity contribution in [3.8, 4) is 0 Å². The van der Waals surface area contributed by atoms with Crippen LogP contribution in [0.15, 0.2) is 48.6 Å². The fourth-order valence-electron chi connectivity index (χ4n) is 4.68. The Kier molecular flexibility index (Phi) is 58.4. The zero-order valence-corrected chi connectivity index (χ0v) is 36.0. The molecule has 0 unspecified atom stereocenters. The van der Waals surface area contributed by atoms with Crippen molar-refractivity contribution < 1.29 is 39.6 Å². The molecule has 2 N–H and O–H groups in total. The van der Waals surface area contributed by atoms with Gasteiger partial charge in [0.1, 0.15) is 0 Å². The number of hydrogen-bond donors (Lipinski definition) is 2. The van der Waals surface area contributed by atoms with Gasteiger partial charge in [-0.2, -0.15) is 0 Å². The largest absolute Gasteiger partial charge is 2.00 e. The second kappa shape index (κ2) is 51.7. The fraction of sp³-hybridized carbons (Fsp3) is 0.727. The van der Waals surface area contributed by atoms with Crippen LogP contribution in [0, 0.1) is 0 Å². The van der Waals surface area contributed by atoms with Gasteiger partial charge in [-0.3, -0.25) is 0 Å². The maximum absolute atomic E-state index is 10.2. The summed E-state index contributed by atoms with van der Waals surface area (Å²) in [5.41, 5.74) is 0.352. The van der Waals surface area contributed by atoms with E-state index in [1.165, 1.54) is 142 Å².